The summed E-state index contributed by atoms with van der Waals surface area (Å²) in [6, 6.07) is 19.2. The maximum atomic E-state index is 13.6. The second kappa shape index (κ2) is 11.1. The van der Waals surface area contributed by atoms with Crippen molar-refractivity contribution in [2.24, 2.45) is 0 Å². The molecule has 1 atom stereocenters. The van der Waals surface area contributed by atoms with Crippen molar-refractivity contribution >= 4 is 23.6 Å². The molecule has 1 unspecified atom stereocenters. The quantitative estimate of drug-likeness (QED) is 0.407. The van der Waals surface area contributed by atoms with Gasteiger partial charge in [-0.05, 0) is 65.9 Å². The van der Waals surface area contributed by atoms with Crippen LogP contribution in [0.5, 0.6) is 5.75 Å². The Labute approximate surface area is 207 Å². The Morgan fingerprint density at radius 2 is 1.77 bits per heavy atom. The summed E-state index contributed by atoms with van der Waals surface area (Å²) in [6.07, 6.45) is 0.928. The van der Waals surface area contributed by atoms with Gasteiger partial charge >= 0.3 is 12.0 Å². The fourth-order valence-corrected chi connectivity index (χ4v) is 4.14. The van der Waals surface area contributed by atoms with Crippen LogP contribution >= 0.6 is 11.6 Å². The number of halogens is 2. The number of methoxy groups -OCH3 is 1. The van der Waals surface area contributed by atoms with Gasteiger partial charge in [-0.2, -0.15) is 0 Å². The lowest BCUT2D eigenvalue weighted by molar-refractivity contribution is -0.140. The highest BCUT2D eigenvalue weighted by molar-refractivity contribution is 6.30. The summed E-state index contributed by atoms with van der Waals surface area (Å²) >= 11 is 6.18. The van der Waals surface area contributed by atoms with Gasteiger partial charge < -0.3 is 20.1 Å². The monoisotopic (exact) mass is 494 g/mol. The van der Waals surface area contributed by atoms with E-state index in [4.69, 9.17) is 21.1 Å². The topological polar surface area (TPSA) is 76.7 Å². The molecule has 6 nitrogen and oxygen atoms in total. The number of ether oxygens (including phenoxy) is 2. The van der Waals surface area contributed by atoms with Gasteiger partial charge in [0.05, 0.1) is 18.7 Å². The lowest BCUT2D eigenvalue weighted by Gasteiger charge is -2.29. The SMILES string of the molecule is COc1cccc(CCC2=C(C(=O)OCc3cccc(F)c3)C(c3cccc(Cl)c3)NC(=O)N2)c1. The zero-order valence-corrected chi connectivity index (χ0v) is 19.8. The van der Waals surface area contributed by atoms with E-state index in [0.717, 1.165) is 11.3 Å². The first-order chi connectivity index (χ1) is 16.9. The van der Waals surface area contributed by atoms with Gasteiger partial charge in [-0.3, -0.25) is 0 Å². The smallest absolute Gasteiger partial charge is 0.338 e. The van der Waals surface area contributed by atoms with Crippen molar-refractivity contribution in [1.29, 1.82) is 0 Å². The highest BCUT2D eigenvalue weighted by Crippen LogP contribution is 2.31. The van der Waals surface area contributed by atoms with Crippen LogP contribution in [0, 0.1) is 5.82 Å². The lowest BCUT2D eigenvalue weighted by atomic mass is 9.93. The molecule has 1 aliphatic heterocycles. The van der Waals surface area contributed by atoms with E-state index in [-0.39, 0.29) is 12.2 Å². The van der Waals surface area contributed by atoms with Crippen molar-refractivity contribution in [1.82, 2.24) is 10.6 Å². The standard InChI is InChI=1S/C27H24ClFN2O4/c1-34-22-10-3-5-17(14-22)11-12-23-24(26(32)35-16-18-6-2-9-21(29)13-18)25(31-27(33)30-23)19-7-4-8-20(28)15-19/h2-10,13-15,25H,11-12,16H2,1H3,(H2,30,31,33). The summed E-state index contributed by atoms with van der Waals surface area (Å²) < 4.78 is 24.4. The van der Waals surface area contributed by atoms with Gasteiger partial charge in [-0.25, -0.2) is 14.0 Å². The third-order valence-electron chi connectivity index (χ3n) is 5.61. The number of amides is 2. The van der Waals surface area contributed by atoms with Crippen LogP contribution in [0.4, 0.5) is 9.18 Å². The number of rotatable bonds is 8. The summed E-state index contributed by atoms with van der Waals surface area (Å²) in [6.45, 7) is -0.112. The number of carbonyl (C=O) groups excluding carboxylic acids is 2. The highest BCUT2D eigenvalue weighted by Gasteiger charge is 2.33. The lowest BCUT2D eigenvalue weighted by Crippen LogP contribution is -2.46. The van der Waals surface area contributed by atoms with E-state index in [9.17, 15) is 14.0 Å². The van der Waals surface area contributed by atoms with Gasteiger partial charge in [0.2, 0.25) is 0 Å². The second-order valence-corrected chi connectivity index (χ2v) is 8.47. The summed E-state index contributed by atoms with van der Waals surface area (Å²) in [7, 11) is 1.59. The Morgan fingerprint density at radius 3 is 2.54 bits per heavy atom. The maximum absolute atomic E-state index is 13.6. The first-order valence-electron chi connectivity index (χ1n) is 11.0. The van der Waals surface area contributed by atoms with Gasteiger partial charge in [0.1, 0.15) is 18.2 Å². The number of nitrogens with one attached hydrogen (secondary N) is 2. The molecule has 8 heteroatoms. The molecule has 180 valence electrons. The Hall–Kier alpha value is -3.84. The first-order valence-corrected chi connectivity index (χ1v) is 11.4. The molecule has 35 heavy (non-hydrogen) atoms. The number of allylic oxidation sites excluding steroid dienone is 1. The molecule has 0 aromatic heterocycles. The zero-order chi connectivity index (χ0) is 24.8. The van der Waals surface area contributed by atoms with Crippen molar-refractivity contribution in [2.75, 3.05) is 7.11 Å². The average Bonchev–Trinajstić information content (AvgIpc) is 2.86. The number of benzene rings is 3. The van der Waals surface area contributed by atoms with Crippen LogP contribution in [0.25, 0.3) is 0 Å². The largest absolute Gasteiger partial charge is 0.497 e. The van der Waals surface area contributed by atoms with Crippen molar-refractivity contribution in [3.8, 4) is 5.75 Å². The molecule has 0 saturated carbocycles. The van der Waals surface area contributed by atoms with Crippen molar-refractivity contribution in [2.45, 2.75) is 25.5 Å². The average molecular weight is 495 g/mol. The fraction of sp³-hybridized carbons (Fsp3) is 0.185. The molecule has 1 aliphatic rings. The molecular weight excluding hydrogens is 471 g/mol. The number of carbonyl (C=O) groups is 2. The van der Waals surface area contributed by atoms with E-state index in [1.807, 2.05) is 24.3 Å². The molecule has 1 heterocycles. The zero-order valence-electron chi connectivity index (χ0n) is 19.0. The molecule has 0 spiro atoms. The molecule has 0 bridgehead atoms. The Bertz CT molecular complexity index is 1280. The minimum atomic E-state index is -0.761. The predicted molar refractivity (Wildman–Crippen MR) is 130 cm³/mol. The molecule has 4 rings (SSSR count). The third kappa shape index (κ3) is 6.19. The second-order valence-electron chi connectivity index (χ2n) is 8.04. The molecule has 0 radical (unpaired) electrons. The molecule has 0 saturated heterocycles. The fourth-order valence-electron chi connectivity index (χ4n) is 3.94. The van der Waals surface area contributed by atoms with Crippen LogP contribution in [-0.2, 0) is 22.6 Å². The molecule has 0 aliphatic carbocycles. The third-order valence-corrected chi connectivity index (χ3v) is 5.85. The van der Waals surface area contributed by atoms with Crippen molar-refractivity contribution < 1.29 is 23.5 Å². The van der Waals surface area contributed by atoms with Crippen molar-refractivity contribution in [3.63, 3.8) is 0 Å². The van der Waals surface area contributed by atoms with E-state index in [0.29, 0.717) is 34.7 Å². The summed E-state index contributed by atoms with van der Waals surface area (Å²) in [5.41, 5.74) is 2.86. The minimum Gasteiger partial charge on any atom is -0.497 e. The first kappa shape index (κ1) is 24.3. The van der Waals surface area contributed by atoms with Gasteiger partial charge in [-0.15, -0.1) is 0 Å². The van der Waals surface area contributed by atoms with Crippen LogP contribution in [0.3, 0.4) is 0 Å². The predicted octanol–water partition coefficient (Wildman–Crippen LogP) is 5.47. The molecule has 2 amide bonds. The van der Waals surface area contributed by atoms with Crippen LogP contribution in [0.2, 0.25) is 5.02 Å². The summed E-state index contributed by atoms with van der Waals surface area (Å²) in [5.74, 6) is -0.315. The van der Waals surface area contributed by atoms with Gasteiger partial charge in [0.15, 0.2) is 0 Å². The van der Waals surface area contributed by atoms with Crippen LogP contribution < -0.4 is 15.4 Å². The van der Waals surface area contributed by atoms with E-state index >= 15 is 0 Å². The van der Waals surface area contributed by atoms with Crippen LogP contribution in [-0.4, -0.2) is 19.1 Å². The minimum absolute atomic E-state index is 0.112. The van der Waals surface area contributed by atoms with Gasteiger partial charge in [0, 0.05) is 10.7 Å². The van der Waals surface area contributed by atoms with Crippen LogP contribution in [0.1, 0.15) is 29.2 Å². The highest BCUT2D eigenvalue weighted by atomic mass is 35.5. The maximum Gasteiger partial charge on any atom is 0.338 e. The van der Waals surface area contributed by atoms with Gasteiger partial charge in [-0.1, -0.05) is 48.0 Å². The summed E-state index contributed by atoms with van der Waals surface area (Å²) in [4.78, 5) is 25.9. The number of hydrogen-bond acceptors (Lipinski definition) is 4. The molecule has 0 fully saturated rings. The number of urea groups is 1. The van der Waals surface area contributed by atoms with E-state index in [1.54, 1.807) is 43.5 Å². The summed E-state index contributed by atoms with van der Waals surface area (Å²) in [5, 5.41) is 6.04. The Morgan fingerprint density at radius 1 is 1.00 bits per heavy atom. The van der Waals surface area contributed by atoms with Crippen molar-refractivity contribution in [3.05, 3.63) is 112 Å². The van der Waals surface area contributed by atoms with Crippen LogP contribution in [0.15, 0.2) is 84.1 Å². The molecule has 3 aromatic carbocycles. The molecule has 3 aromatic rings. The van der Waals surface area contributed by atoms with Gasteiger partial charge in [0.25, 0.3) is 0 Å². The molecular formula is C27H24ClFN2O4. The number of esters is 1. The van der Waals surface area contributed by atoms with E-state index in [2.05, 4.69) is 10.6 Å². The normalized spacial score (nSPS) is 15.3. The number of aryl methyl sites for hydroxylation is 1. The Kier molecular flexibility index (Phi) is 7.67. The Balaban J connectivity index is 1.65. The molecule has 2 N–H and O–H groups in total. The van der Waals surface area contributed by atoms with E-state index in [1.165, 1.54) is 12.1 Å². The number of hydrogen-bond donors (Lipinski definition) is 2. The van der Waals surface area contributed by atoms with E-state index < -0.39 is 23.9 Å².